The predicted molar refractivity (Wildman–Crippen MR) is 131 cm³/mol. The van der Waals surface area contributed by atoms with Gasteiger partial charge in [0.2, 0.25) is 0 Å². The van der Waals surface area contributed by atoms with Crippen LogP contribution in [0.25, 0.3) is 0 Å². The summed E-state index contributed by atoms with van der Waals surface area (Å²) in [4.78, 5) is 12.0. The summed E-state index contributed by atoms with van der Waals surface area (Å²) in [7, 11) is 0. The van der Waals surface area contributed by atoms with Crippen molar-refractivity contribution in [3.63, 3.8) is 0 Å². The van der Waals surface area contributed by atoms with Gasteiger partial charge in [-0.15, -0.1) is 0 Å². The van der Waals surface area contributed by atoms with E-state index in [0.29, 0.717) is 12.0 Å². The van der Waals surface area contributed by atoms with Crippen molar-refractivity contribution in [2.45, 2.75) is 102 Å². The molecule has 0 aromatic heterocycles. The minimum atomic E-state index is -4.00. The molecule has 5 nitrogen and oxygen atoms in total. The van der Waals surface area contributed by atoms with E-state index in [1.165, 1.54) is 44.9 Å². The average molecular weight is 489 g/mol. The Morgan fingerprint density at radius 1 is 0.794 bits per heavy atom. The highest BCUT2D eigenvalue weighted by Crippen LogP contribution is 2.23. The molecule has 0 aliphatic heterocycles. The van der Waals surface area contributed by atoms with Crippen molar-refractivity contribution in [3.8, 4) is 0 Å². The fraction of sp³-hybridized carbons (Fsp3) is 0.731. The van der Waals surface area contributed by atoms with Crippen molar-refractivity contribution >= 4 is 11.6 Å². The van der Waals surface area contributed by atoms with Gasteiger partial charge in [0.1, 0.15) is 0 Å². The first-order chi connectivity index (χ1) is 16.3. The lowest BCUT2D eigenvalue weighted by Gasteiger charge is -2.10. The molecule has 0 radical (unpaired) electrons. The van der Waals surface area contributed by atoms with E-state index in [2.05, 4.69) is 10.6 Å². The van der Waals surface area contributed by atoms with Crippen LogP contribution in [0.4, 0.5) is 18.9 Å². The molecular weight excluding hydrogens is 445 g/mol. The van der Waals surface area contributed by atoms with Gasteiger partial charge in [0, 0.05) is 30.8 Å². The number of anilines is 1. The van der Waals surface area contributed by atoms with Crippen LogP contribution >= 0.6 is 0 Å². The van der Waals surface area contributed by atoms with Crippen LogP contribution in [0.15, 0.2) is 24.3 Å². The molecule has 34 heavy (non-hydrogen) atoms. The Labute approximate surface area is 202 Å². The highest BCUT2D eigenvalue weighted by Gasteiger charge is 2.25. The van der Waals surface area contributed by atoms with Crippen LogP contribution < -0.4 is 10.6 Å². The lowest BCUT2D eigenvalue weighted by molar-refractivity contribution is -0.135. The molecule has 4 N–H and O–H groups in total. The fourth-order valence-corrected chi connectivity index (χ4v) is 3.74. The van der Waals surface area contributed by atoms with E-state index in [-0.39, 0.29) is 25.5 Å². The summed E-state index contributed by atoms with van der Waals surface area (Å²) in [5, 5.41) is 24.0. The Bertz CT molecular complexity index is 639. The first-order valence-electron chi connectivity index (χ1n) is 12.8. The molecule has 0 saturated heterocycles. The highest BCUT2D eigenvalue weighted by atomic mass is 19.4. The number of aliphatic hydroxyl groups is 2. The lowest BCUT2D eigenvalue weighted by atomic mass is 10.0. The zero-order chi connectivity index (χ0) is 25.1. The summed E-state index contributed by atoms with van der Waals surface area (Å²) in [6.07, 6.45) is 8.10. The van der Waals surface area contributed by atoms with Gasteiger partial charge in [-0.2, -0.15) is 13.2 Å². The number of aliphatic hydroxyl groups excluding tert-OH is 2. The van der Waals surface area contributed by atoms with Crippen molar-refractivity contribution < 1.29 is 28.2 Å². The number of carbonyl (C=O) groups excluding carboxylic acids is 1. The van der Waals surface area contributed by atoms with Crippen molar-refractivity contribution in [1.82, 2.24) is 5.32 Å². The molecule has 0 bridgehead atoms. The van der Waals surface area contributed by atoms with Gasteiger partial charge < -0.3 is 20.8 Å². The number of nitrogens with one attached hydrogen (secondary N) is 2. The second kappa shape index (κ2) is 18.5. The van der Waals surface area contributed by atoms with E-state index in [9.17, 15) is 23.1 Å². The Morgan fingerprint density at radius 2 is 1.26 bits per heavy atom. The second-order valence-electron chi connectivity index (χ2n) is 9.01. The minimum Gasteiger partial charge on any atom is -0.394 e. The van der Waals surface area contributed by atoms with Crippen LogP contribution in [0.1, 0.15) is 100 Å². The van der Waals surface area contributed by atoms with Gasteiger partial charge in [-0.3, -0.25) is 4.79 Å². The molecule has 196 valence electrons. The van der Waals surface area contributed by atoms with E-state index < -0.39 is 18.7 Å². The summed E-state index contributed by atoms with van der Waals surface area (Å²) in [5.74, 6) is -0.279. The molecule has 8 heteroatoms. The fourth-order valence-electron chi connectivity index (χ4n) is 3.74. The minimum absolute atomic E-state index is 0.0202. The van der Waals surface area contributed by atoms with Crippen molar-refractivity contribution in [2.75, 3.05) is 25.0 Å². The summed E-state index contributed by atoms with van der Waals surface area (Å²) >= 11 is 0. The Hall–Kier alpha value is -1.80. The Balaban J connectivity index is 1.91. The molecule has 1 aromatic rings. The maximum absolute atomic E-state index is 12.0. The SMILES string of the molecule is O=C(NCC(O)CO)c1ccc(NCCCCCCCCCCCCCCCC(F)(F)F)cc1. The second-order valence-corrected chi connectivity index (χ2v) is 9.01. The molecule has 1 rings (SSSR count). The number of halogens is 3. The third kappa shape index (κ3) is 16.8. The maximum atomic E-state index is 12.0. The van der Waals surface area contributed by atoms with Gasteiger partial charge in [-0.1, -0.05) is 70.6 Å². The topological polar surface area (TPSA) is 81.6 Å². The van der Waals surface area contributed by atoms with Crippen LogP contribution in [0, 0.1) is 0 Å². The zero-order valence-electron chi connectivity index (χ0n) is 20.3. The predicted octanol–water partition coefficient (Wildman–Crippen LogP) is 6.21. The number of benzene rings is 1. The Kier molecular flexibility index (Phi) is 16.5. The quantitative estimate of drug-likeness (QED) is 0.165. The molecule has 1 atom stereocenters. The largest absolute Gasteiger partial charge is 0.394 e. The van der Waals surface area contributed by atoms with E-state index in [1.807, 2.05) is 12.1 Å². The third-order valence-corrected chi connectivity index (χ3v) is 5.82. The Morgan fingerprint density at radius 3 is 1.74 bits per heavy atom. The monoisotopic (exact) mass is 488 g/mol. The molecule has 1 aromatic carbocycles. The van der Waals surface area contributed by atoms with Gasteiger partial charge >= 0.3 is 6.18 Å². The van der Waals surface area contributed by atoms with E-state index in [0.717, 1.165) is 37.9 Å². The van der Waals surface area contributed by atoms with Gasteiger partial charge in [-0.05, 0) is 37.1 Å². The van der Waals surface area contributed by atoms with Gasteiger partial charge in [0.05, 0.1) is 12.7 Å². The van der Waals surface area contributed by atoms with E-state index in [1.54, 1.807) is 12.1 Å². The van der Waals surface area contributed by atoms with Crippen molar-refractivity contribution in [1.29, 1.82) is 0 Å². The van der Waals surface area contributed by atoms with Crippen LogP contribution in [-0.4, -0.2) is 48.1 Å². The molecule has 1 amide bonds. The number of alkyl halides is 3. The summed E-state index contributed by atoms with van der Waals surface area (Å²) < 4.78 is 36.1. The third-order valence-electron chi connectivity index (χ3n) is 5.82. The normalized spacial score (nSPS) is 12.5. The number of carbonyl (C=O) groups is 1. The molecule has 0 heterocycles. The molecule has 0 aliphatic carbocycles. The molecule has 0 spiro atoms. The molecular formula is C26H43F3N2O3. The molecule has 0 aliphatic rings. The van der Waals surface area contributed by atoms with Crippen molar-refractivity contribution in [3.05, 3.63) is 29.8 Å². The standard InChI is InChI=1S/C26H43F3N2O3/c27-26(28,29)18-12-10-8-6-4-2-1-3-5-7-9-11-13-19-30-23-16-14-22(15-17-23)25(34)31-20-24(33)21-32/h14-17,24,30,32-33H,1-13,18-21H2,(H,31,34). The summed E-state index contributed by atoms with van der Waals surface area (Å²) in [6, 6.07) is 7.19. The molecule has 0 saturated carbocycles. The number of unbranched alkanes of at least 4 members (excludes halogenated alkanes) is 12. The van der Waals surface area contributed by atoms with E-state index in [4.69, 9.17) is 5.11 Å². The number of hydrogen-bond donors (Lipinski definition) is 4. The average Bonchev–Trinajstić information content (AvgIpc) is 2.81. The molecule has 1 unspecified atom stereocenters. The number of amides is 1. The van der Waals surface area contributed by atoms with E-state index >= 15 is 0 Å². The molecule has 0 fully saturated rings. The van der Waals surface area contributed by atoms with Crippen LogP contribution in [0.2, 0.25) is 0 Å². The summed E-state index contributed by atoms with van der Waals surface area (Å²) in [5.41, 5.74) is 1.48. The highest BCUT2D eigenvalue weighted by molar-refractivity contribution is 5.94. The zero-order valence-corrected chi connectivity index (χ0v) is 20.3. The number of rotatable bonds is 20. The maximum Gasteiger partial charge on any atom is 0.389 e. The first-order valence-corrected chi connectivity index (χ1v) is 12.8. The van der Waals surface area contributed by atoms with Crippen LogP contribution in [0.3, 0.4) is 0 Å². The van der Waals surface area contributed by atoms with Crippen LogP contribution in [0.5, 0.6) is 0 Å². The van der Waals surface area contributed by atoms with Gasteiger partial charge in [-0.25, -0.2) is 0 Å². The summed E-state index contributed by atoms with van der Waals surface area (Å²) in [6.45, 7) is 0.522. The smallest absolute Gasteiger partial charge is 0.389 e. The lowest BCUT2D eigenvalue weighted by Crippen LogP contribution is -2.33. The van der Waals surface area contributed by atoms with Gasteiger partial charge in [0.25, 0.3) is 5.91 Å². The van der Waals surface area contributed by atoms with Crippen LogP contribution in [-0.2, 0) is 0 Å². The first kappa shape index (κ1) is 30.2. The number of hydrogen-bond acceptors (Lipinski definition) is 4. The van der Waals surface area contributed by atoms with Crippen molar-refractivity contribution in [2.24, 2.45) is 0 Å². The van der Waals surface area contributed by atoms with Gasteiger partial charge in [0.15, 0.2) is 0 Å².